The summed E-state index contributed by atoms with van der Waals surface area (Å²) in [5.74, 6) is 0.562. The second-order valence-corrected chi connectivity index (χ2v) is 12.2. The van der Waals surface area contributed by atoms with Crippen molar-refractivity contribution >= 4 is 85.8 Å². The van der Waals surface area contributed by atoms with Gasteiger partial charge in [0.15, 0.2) is 0 Å². The van der Waals surface area contributed by atoms with Crippen LogP contribution in [-0.4, -0.2) is 14.5 Å². The summed E-state index contributed by atoms with van der Waals surface area (Å²) >= 11 is 1.82. The highest BCUT2D eigenvalue weighted by Gasteiger charge is 2.24. The monoisotopic (exact) mass is 579 g/mol. The summed E-state index contributed by atoms with van der Waals surface area (Å²) in [4.78, 5) is 10.5. The summed E-state index contributed by atoms with van der Waals surface area (Å²) in [6.45, 7) is 0. The van der Waals surface area contributed by atoms with Crippen LogP contribution < -0.4 is 0 Å². The molecular weight excluding hydrogens is 555 g/mol. The van der Waals surface area contributed by atoms with Gasteiger partial charge in [0.25, 0.3) is 0 Å². The normalized spacial score (nSPS) is 12.7. The van der Waals surface area contributed by atoms with Crippen LogP contribution in [0.25, 0.3) is 91.6 Å². The van der Waals surface area contributed by atoms with E-state index >= 15 is 0 Å². The SMILES string of the molecule is [2H]c1ccc(-c2nc(-n3c4ccc5ccccc5c4c4c5ccccc5c5c6ccccc6sc5c43)nc3ccccc23)c([2H])c1. The molecule has 44 heavy (non-hydrogen) atoms. The van der Waals surface area contributed by atoms with E-state index in [0.29, 0.717) is 23.2 Å². The van der Waals surface area contributed by atoms with Gasteiger partial charge in [-0.15, -0.1) is 11.3 Å². The van der Waals surface area contributed by atoms with Gasteiger partial charge in [0.05, 0.1) is 29.7 Å². The fourth-order valence-electron chi connectivity index (χ4n) is 7.01. The predicted octanol–water partition coefficient (Wildman–Crippen LogP) is 11.1. The van der Waals surface area contributed by atoms with Gasteiger partial charge in [-0.2, -0.15) is 0 Å². The van der Waals surface area contributed by atoms with E-state index in [-0.39, 0.29) is 6.04 Å². The van der Waals surface area contributed by atoms with E-state index in [2.05, 4.69) is 89.5 Å². The molecule has 0 aliphatic heterocycles. The number of hydrogen-bond donors (Lipinski definition) is 0. The third-order valence-electron chi connectivity index (χ3n) is 8.84. The summed E-state index contributed by atoms with van der Waals surface area (Å²) < 4.78 is 21.6. The molecule has 0 N–H and O–H groups in total. The Labute approximate surface area is 259 Å². The molecule has 0 saturated carbocycles. The molecule has 3 nitrogen and oxygen atoms in total. The first-order valence-electron chi connectivity index (χ1n) is 15.7. The predicted molar refractivity (Wildman–Crippen MR) is 187 cm³/mol. The summed E-state index contributed by atoms with van der Waals surface area (Å²) in [7, 11) is 0. The molecule has 0 radical (unpaired) electrons. The Bertz CT molecular complexity index is 2900. The van der Waals surface area contributed by atoms with Gasteiger partial charge in [-0.05, 0) is 39.7 Å². The first-order chi connectivity index (χ1) is 22.7. The zero-order chi connectivity index (χ0) is 30.5. The number of benzene rings is 7. The van der Waals surface area contributed by atoms with Crippen molar-refractivity contribution in [3.8, 4) is 17.2 Å². The summed E-state index contributed by atoms with van der Waals surface area (Å²) in [6.07, 6.45) is 0. The molecular formula is C40H23N3S. The van der Waals surface area contributed by atoms with Crippen molar-refractivity contribution in [1.29, 1.82) is 0 Å². The summed E-state index contributed by atoms with van der Waals surface area (Å²) in [5, 5.41) is 10.6. The van der Waals surface area contributed by atoms with E-state index < -0.39 is 0 Å². The largest absolute Gasteiger partial charge is 0.276 e. The van der Waals surface area contributed by atoms with Crippen LogP contribution in [0.3, 0.4) is 0 Å². The molecule has 0 amide bonds. The molecule has 10 rings (SSSR count). The van der Waals surface area contributed by atoms with Crippen molar-refractivity contribution in [2.75, 3.05) is 0 Å². The molecule has 10 aromatic rings. The molecule has 3 aromatic heterocycles. The fourth-order valence-corrected chi connectivity index (χ4v) is 8.27. The van der Waals surface area contributed by atoms with Crippen molar-refractivity contribution in [2.24, 2.45) is 0 Å². The molecule has 0 aliphatic rings. The van der Waals surface area contributed by atoms with E-state index in [0.717, 1.165) is 21.9 Å². The molecule has 0 saturated heterocycles. The summed E-state index contributed by atoms with van der Waals surface area (Å²) in [5.41, 5.74) is 4.31. The van der Waals surface area contributed by atoms with E-state index in [1.807, 2.05) is 41.7 Å². The van der Waals surface area contributed by atoms with E-state index in [1.165, 1.54) is 52.5 Å². The van der Waals surface area contributed by atoms with Crippen molar-refractivity contribution < 1.29 is 2.74 Å². The molecule has 0 spiro atoms. The molecule has 0 atom stereocenters. The lowest BCUT2D eigenvalue weighted by Crippen LogP contribution is -2.03. The molecule has 0 bridgehead atoms. The zero-order valence-corrected chi connectivity index (χ0v) is 24.2. The molecule has 4 heteroatoms. The van der Waals surface area contributed by atoms with Crippen LogP contribution in [0.1, 0.15) is 2.74 Å². The maximum absolute atomic E-state index is 8.80. The Morgan fingerprint density at radius 1 is 0.568 bits per heavy atom. The average Bonchev–Trinajstić information content (AvgIpc) is 3.65. The number of hydrogen-bond acceptors (Lipinski definition) is 3. The third kappa shape index (κ3) is 3.20. The topological polar surface area (TPSA) is 30.7 Å². The zero-order valence-electron chi connectivity index (χ0n) is 25.4. The van der Waals surface area contributed by atoms with Crippen LogP contribution in [0.2, 0.25) is 0 Å². The van der Waals surface area contributed by atoms with E-state index in [9.17, 15) is 0 Å². The van der Waals surface area contributed by atoms with Gasteiger partial charge in [0, 0.05) is 37.2 Å². The van der Waals surface area contributed by atoms with Crippen LogP contribution in [0.5, 0.6) is 0 Å². The van der Waals surface area contributed by atoms with Crippen molar-refractivity contribution in [2.45, 2.75) is 0 Å². The van der Waals surface area contributed by atoms with E-state index in [1.54, 1.807) is 12.1 Å². The number of thiophene rings is 1. The number of aromatic nitrogens is 3. The minimum atomic E-state index is 0.272. The van der Waals surface area contributed by atoms with Gasteiger partial charge >= 0.3 is 0 Å². The lowest BCUT2D eigenvalue weighted by atomic mass is 9.97. The smallest absolute Gasteiger partial charge is 0.235 e. The first-order valence-corrected chi connectivity index (χ1v) is 15.5. The minimum absolute atomic E-state index is 0.272. The van der Waals surface area contributed by atoms with Crippen LogP contribution in [-0.2, 0) is 0 Å². The number of fused-ring (bicyclic) bond motifs is 13. The van der Waals surface area contributed by atoms with Gasteiger partial charge in [-0.3, -0.25) is 4.57 Å². The minimum Gasteiger partial charge on any atom is -0.276 e. The Hall–Kier alpha value is -5.58. The first kappa shape index (κ1) is 22.0. The highest BCUT2D eigenvalue weighted by atomic mass is 32.1. The molecule has 7 aromatic carbocycles. The van der Waals surface area contributed by atoms with Crippen molar-refractivity contribution in [3.05, 3.63) is 139 Å². The highest BCUT2D eigenvalue weighted by molar-refractivity contribution is 7.27. The van der Waals surface area contributed by atoms with E-state index in [4.69, 9.17) is 12.7 Å². The molecule has 0 aliphatic carbocycles. The number of nitrogens with zero attached hydrogens (tertiary/aromatic N) is 3. The second-order valence-electron chi connectivity index (χ2n) is 11.2. The molecule has 0 fully saturated rings. The third-order valence-corrected chi connectivity index (χ3v) is 10.0. The van der Waals surface area contributed by atoms with Crippen LogP contribution in [0.15, 0.2) is 139 Å². The van der Waals surface area contributed by atoms with Gasteiger partial charge in [0.1, 0.15) is 0 Å². The Morgan fingerprint density at radius 3 is 2.16 bits per heavy atom. The average molecular weight is 580 g/mol. The quantitative estimate of drug-likeness (QED) is 0.204. The van der Waals surface area contributed by atoms with Gasteiger partial charge in [-0.25, -0.2) is 9.97 Å². The Morgan fingerprint density at radius 2 is 1.30 bits per heavy atom. The van der Waals surface area contributed by atoms with Crippen LogP contribution in [0, 0.1) is 0 Å². The van der Waals surface area contributed by atoms with Crippen LogP contribution in [0.4, 0.5) is 0 Å². The molecule has 3 heterocycles. The molecule has 204 valence electrons. The van der Waals surface area contributed by atoms with Gasteiger partial charge in [-0.1, -0.05) is 121 Å². The summed E-state index contributed by atoms with van der Waals surface area (Å²) in [6, 6.07) is 44.1. The maximum atomic E-state index is 8.80. The van der Waals surface area contributed by atoms with Crippen LogP contribution >= 0.6 is 11.3 Å². The number of rotatable bonds is 2. The highest BCUT2D eigenvalue weighted by Crippen LogP contribution is 2.49. The Kier molecular flexibility index (Phi) is 4.49. The van der Waals surface area contributed by atoms with Crippen molar-refractivity contribution in [3.63, 3.8) is 0 Å². The maximum Gasteiger partial charge on any atom is 0.235 e. The molecule has 0 unspecified atom stereocenters. The fraction of sp³-hybridized carbons (Fsp3) is 0. The van der Waals surface area contributed by atoms with Gasteiger partial charge in [0.2, 0.25) is 5.95 Å². The lowest BCUT2D eigenvalue weighted by Gasteiger charge is -2.12. The van der Waals surface area contributed by atoms with Crippen molar-refractivity contribution in [1.82, 2.24) is 14.5 Å². The Balaban J connectivity index is 1.48. The second kappa shape index (κ2) is 8.96. The lowest BCUT2D eigenvalue weighted by molar-refractivity contribution is 1.02. The standard InChI is InChI=1S/C40H23N3S/c1-2-13-25(14-3-1)37-29-18-8-10-20-31(29)41-40(42-37)43-32-23-22-24-12-4-5-15-26(24)35(32)36-28-17-7-6-16-27(28)34-30-19-9-11-21-33(30)44-39(34)38(36)43/h1-23H/i1D,13D. The van der Waals surface area contributed by atoms with Gasteiger partial charge < -0.3 is 0 Å². The number of para-hydroxylation sites is 1.